The van der Waals surface area contributed by atoms with Crippen LogP contribution in [0.1, 0.15) is 81.2 Å². The number of benzene rings is 2. The van der Waals surface area contributed by atoms with Gasteiger partial charge in [-0.2, -0.15) is 0 Å². The molecule has 0 unspecified atom stereocenters. The highest BCUT2D eigenvalue weighted by Crippen LogP contribution is 2.44. The van der Waals surface area contributed by atoms with Gasteiger partial charge in [-0.15, -0.1) is 0 Å². The zero-order valence-corrected chi connectivity index (χ0v) is 27.0. The molecule has 2 heterocycles. The molecule has 1 fully saturated rings. The van der Waals surface area contributed by atoms with Crippen LogP contribution >= 0.6 is 0 Å². The normalized spacial score (nSPS) is 17.6. The molecule has 1 aromatic heterocycles. The highest BCUT2D eigenvalue weighted by atomic mass is 32.2. The Morgan fingerprint density at radius 1 is 1.04 bits per heavy atom. The van der Waals surface area contributed by atoms with Crippen LogP contribution in [-0.2, 0) is 32.7 Å². The molecule has 1 spiro atoms. The zero-order chi connectivity index (χ0) is 32.4. The van der Waals surface area contributed by atoms with E-state index in [4.69, 9.17) is 14.3 Å². The fourth-order valence-electron chi connectivity index (χ4n) is 5.91. The maximum Gasteiger partial charge on any atom is 0.263 e. The summed E-state index contributed by atoms with van der Waals surface area (Å²) in [4.78, 5) is 20.3. The molecule has 2 aliphatic rings. The maximum absolute atomic E-state index is 14.0. The van der Waals surface area contributed by atoms with Gasteiger partial charge in [-0.05, 0) is 62.8 Å². The summed E-state index contributed by atoms with van der Waals surface area (Å²) in [6.07, 6.45) is 1.70. The predicted octanol–water partition coefficient (Wildman–Crippen LogP) is 7.17. The van der Waals surface area contributed by atoms with Gasteiger partial charge in [-0.1, -0.05) is 54.9 Å². The third-order valence-electron chi connectivity index (χ3n) is 8.69. The number of hydrogen-bond donors (Lipinski definition) is 1. The Morgan fingerprint density at radius 3 is 2.44 bits per heavy atom. The molecular weight excluding hydrogens is 602 g/mol. The van der Waals surface area contributed by atoms with E-state index in [9.17, 15) is 22.0 Å². The topological polar surface area (TPSA) is 114 Å². The number of sulfonamides is 1. The van der Waals surface area contributed by atoms with Gasteiger partial charge in [0.1, 0.15) is 17.1 Å². The number of hydrogen-bond acceptors (Lipinski definition) is 7. The van der Waals surface area contributed by atoms with Gasteiger partial charge in [0, 0.05) is 37.0 Å². The number of carbonyl (C=O) groups is 1. The minimum absolute atomic E-state index is 0.0339. The Labute approximate surface area is 263 Å². The number of aromatic nitrogens is 1. The first-order valence-corrected chi connectivity index (χ1v) is 16.9. The first-order valence-electron chi connectivity index (χ1n) is 15.4. The molecule has 0 atom stereocenters. The molecule has 2 aromatic carbocycles. The molecular formula is C33H40F2N4O5S. The van der Waals surface area contributed by atoms with Crippen molar-refractivity contribution in [3.05, 3.63) is 64.9 Å². The second-order valence-corrected chi connectivity index (χ2v) is 13.5. The van der Waals surface area contributed by atoms with Gasteiger partial charge >= 0.3 is 0 Å². The molecule has 1 aliphatic heterocycles. The van der Waals surface area contributed by atoms with E-state index < -0.39 is 21.5 Å². The van der Waals surface area contributed by atoms with Crippen molar-refractivity contribution in [2.45, 2.75) is 102 Å². The van der Waals surface area contributed by atoms with Crippen LogP contribution in [0.25, 0.3) is 11.1 Å². The smallest absolute Gasteiger partial charge is 0.263 e. The summed E-state index contributed by atoms with van der Waals surface area (Å²) in [5.41, 5.74) is 2.17. The largest absolute Gasteiger partial charge is 0.377 e. The first-order chi connectivity index (χ1) is 21.4. The number of halogens is 2. The van der Waals surface area contributed by atoms with E-state index in [-0.39, 0.29) is 55.5 Å². The summed E-state index contributed by atoms with van der Waals surface area (Å²) in [5.74, 6) is -1.71. The molecule has 0 saturated heterocycles. The number of anilines is 1. The Balaban J connectivity index is 1.47. The number of rotatable bonds is 12. The Bertz CT molecular complexity index is 1690. The fraction of sp³-hybridized carbons (Fsp3) is 0.485. The molecule has 0 bridgehead atoms. The number of aliphatic imine (C=N–C) groups is 1. The minimum atomic E-state index is -4.05. The molecule has 12 heteroatoms. The van der Waals surface area contributed by atoms with Crippen LogP contribution in [0.5, 0.6) is 0 Å². The fourth-order valence-corrected chi connectivity index (χ4v) is 7.19. The molecule has 5 rings (SSSR count). The number of unbranched alkanes of at least 4 members (excludes halogenated alkanes) is 1. The van der Waals surface area contributed by atoms with Gasteiger partial charge in [0.05, 0.1) is 18.0 Å². The Morgan fingerprint density at radius 2 is 1.78 bits per heavy atom. The molecule has 1 saturated carbocycles. The summed E-state index contributed by atoms with van der Waals surface area (Å²) in [6.45, 7) is 8.25. The van der Waals surface area contributed by atoms with Crippen LogP contribution < -0.4 is 4.72 Å². The van der Waals surface area contributed by atoms with Gasteiger partial charge in [-0.25, -0.2) is 17.2 Å². The molecule has 9 nitrogen and oxygen atoms in total. The van der Waals surface area contributed by atoms with Crippen molar-refractivity contribution in [2.24, 2.45) is 4.99 Å². The number of amides is 1. The van der Waals surface area contributed by atoms with Crippen LogP contribution in [0.4, 0.5) is 14.6 Å². The van der Waals surface area contributed by atoms with Crippen molar-refractivity contribution >= 4 is 27.6 Å². The molecule has 1 aliphatic carbocycles. The number of amidine groups is 1. The van der Waals surface area contributed by atoms with E-state index in [1.54, 1.807) is 36.9 Å². The molecule has 1 amide bonds. The van der Waals surface area contributed by atoms with E-state index in [0.29, 0.717) is 41.3 Å². The maximum atomic E-state index is 14.0. The lowest BCUT2D eigenvalue weighted by Crippen LogP contribution is -2.46. The summed E-state index contributed by atoms with van der Waals surface area (Å²) < 4.78 is 68.7. The van der Waals surface area contributed by atoms with Crippen LogP contribution in [0.15, 0.2) is 56.9 Å². The lowest BCUT2D eigenvalue weighted by atomic mass is 9.80. The van der Waals surface area contributed by atoms with Gasteiger partial charge in [-0.3, -0.25) is 19.4 Å². The Hall–Kier alpha value is -3.64. The van der Waals surface area contributed by atoms with Crippen molar-refractivity contribution < 1.29 is 31.3 Å². The van der Waals surface area contributed by atoms with Crippen LogP contribution in [0.3, 0.4) is 0 Å². The number of carbonyl (C=O) groups excluding carboxylic acids is 1. The van der Waals surface area contributed by atoms with Crippen LogP contribution in [-0.4, -0.2) is 48.3 Å². The predicted molar refractivity (Wildman–Crippen MR) is 168 cm³/mol. The molecule has 3 aromatic rings. The Kier molecular flexibility index (Phi) is 9.46. The average Bonchev–Trinajstić information content (AvgIpc) is 3.46. The second kappa shape index (κ2) is 13.0. The molecule has 1 N–H and O–H groups in total. The summed E-state index contributed by atoms with van der Waals surface area (Å²) >= 11 is 0. The lowest BCUT2D eigenvalue weighted by molar-refractivity contribution is -0.136. The van der Waals surface area contributed by atoms with Crippen molar-refractivity contribution in [1.29, 1.82) is 0 Å². The van der Waals surface area contributed by atoms with Crippen molar-refractivity contribution in [1.82, 2.24) is 10.1 Å². The number of aryl methyl sites for hydroxylation is 1. The number of nitrogens with one attached hydrogen (secondary N) is 1. The van der Waals surface area contributed by atoms with Crippen LogP contribution in [0, 0.1) is 13.8 Å². The lowest BCUT2D eigenvalue weighted by Gasteiger charge is -2.33. The van der Waals surface area contributed by atoms with E-state index in [2.05, 4.69) is 16.8 Å². The van der Waals surface area contributed by atoms with Gasteiger partial charge < -0.3 is 9.26 Å². The molecule has 242 valence electrons. The first kappa shape index (κ1) is 32.7. The van der Waals surface area contributed by atoms with Crippen LogP contribution in [0.2, 0.25) is 0 Å². The van der Waals surface area contributed by atoms with Gasteiger partial charge in [0.2, 0.25) is 5.92 Å². The summed E-state index contributed by atoms with van der Waals surface area (Å²) in [7, 11) is -4.05. The summed E-state index contributed by atoms with van der Waals surface area (Å²) in [5, 5.41) is 3.85. The summed E-state index contributed by atoms with van der Waals surface area (Å²) in [6, 6.07) is 12.3. The van der Waals surface area contributed by atoms with E-state index in [0.717, 1.165) is 24.0 Å². The van der Waals surface area contributed by atoms with E-state index in [1.165, 1.54) is 6.07 Å². The van der Waals surface area contributed by atoms with Gasteiger partial charge in [0.25, 0.3) is 15.9 Å². The monoisotopic (exact) mass is 642 g/mol. The number of ether oxygens (including phenoxy) is 1. The van der Waals surface area contributed by atoms with E-state index >= 15 is 0 Å². The van der Waals surface area contributed by atoms with Crippen molar-refractivity contribution in [3.8, 4) is 11.1 Å². The molecule has 0 radical (unpaired) electrons. The SMILES string of the molecule is CCCCC1=NC2(CCC(F)(F)CC2)C(=O)N1Cc1ccc(-c2ccccc2S(=O)(=O)Nc2noc(C)c2C)c(COCC)c1. The highest BCUT2D eigenvalue weighted by Gasteiger charge is 2.53. The van der Waals surface area contributed by atoms with Crippen molar-refractivity contribution in [2.75, 3.05) is 11.3 Å². The second-order valence-electron chi connectivity index (χ2n) is 11.9. The standard InChI is InChI=1S/C33H40F2N4O5S/c1-5-7-12-29-36-32(15-17-33(34,35)18-16-32)31(40)39(29)20-24-13-14-26(25(19-24)21-43-6-2)27-10-8-9-11-28(27)45(41,42)38-30-22(3)23(4)44-37-30/h8-11,13-14,19H,5-7,12,15-18,20-21H2,1-4H3,(H,37,38). The third-order valence-corrected chi connectivity index (χ3v) is 10.1. The minimum Gasteiger partial charge on any atom is -0.377 e. The number of alkyl halides is 2. The van der Waals surface area contributed by atoms with Gasteiger partial charge in [0.15, 0.2) is 5.82 Å². The van der Waals surface area contributed by atoms with Crippen molar-refractivity contribution in [3.63, 3.8) is 0 Å². The average molecular weight is 643 g/mol. The highest BCUT2D eigenvalue weighted by molar-refractivity contribution is 7.92. The third kappa shape index (κ3) is 6.81. The number of nitrogens with zero attached hydrogens (tertiary/aromatic N) is 3. The zero-order valence-electron chi connectivity index (χ0n) is 26.2. The quantitative estimate of drug-likeness (QED) is 0.224. The van der Waals surface area contributed by atoms with E-state index in [1.807, 2.05) is 25.1 Å². The molecule has 45 heavy (non-hydrogen) atoms.